The monoisotopic (exact) mass is 379 g/mol. The Balaban J connectivity index is 1.77. The highest BCUT2D eigenvalue weighted by Gasteiger charge is 2.32. The smallest absolute Gasteiger partial charge is 0.433 e. The van der Waals surface area contributed by atoms with Gasteiger partial charge in [0.05, 0.1) is 18.4 Å². The number of methoxy groups -OCH3 is 1. The molecule has 1 aromatic heterocycles. The van der Waals surface area contributed by atoms with Gasteiger partial charge in [0, 0.05) is 30.9 Å². The van der Waals surface area contributed by atoms with Crippen LogP contribution >= 0.6 is 0 Å². The number of carbonyl (C=O) groups is 2. The van der Waals surface area contributed by atoms with Crippen LogP contribution in [-0.4, -0.2) is 30.5 Å². The molecular formula is C18H16F3N3O3. The lowest BCUT2D eigenvalue weighted by molar-refractivity contribution is -0.141. The number of rotatable bonds is 4. The molecule has 1 fully saturated rings. The summed E-state index contributed by atoms with van der Waals surface area (Å²) in [6.45, 7) is 0.595. The molecule has 142 valence electrons. The first-order valence-electron chi connectivity index (χ1n) is 8.12. The number of nitrogens with one attached hydrogen (secondary N) is 1. The van der Waals surface area contributed by atoms with Gasteiger partial charge in [-0.15, -0.1) is 0 Å². The molecule has 27 heavy (non-hydrogen) atoms. The van der Waals surface area contributed by atoms with Crippen LogP contribution in [0.4, 0.5) is 24.5 Å². The Kier molecular flexibility index (Phi) is 5.02. The van der Waals surface area contributed by atoms with E-state index < -0.39 is 17.8 Å². The predicted octanol–water partition coefficient (Wildman–Crippen LogP) is 3.49. The van der Waals surface area contributed by atoms with Gasteiger partial charge in [-0.25, -0.2) is 0 Å². The Hall–Kier alpha value is -3.10. The molecule has 9 heteroatoms. The van der Waals surface area contributed by atoms with Crippen molar-refractivity contribution in [3.05, 3.63) is 47.8 Å². The Labute approximate surface area is 152 Å². The molecule has 1 aromatic carbocycles. The second-order valence-electron chi connectivity index (χ2n) is 5.92. The highest BCUT2D eigenvalue weighted by molar-refractivity contribution is 6.04. The molecule has 0 atom stereocenters. The van der Waals surface area contributed by atoms with Gasteiger partial charge >= 0.3 is 6.18 Å². The van der Waals surface area contributed by atoms with E-state index in [-0.39, 0.29) is 11.5 Å². The molecule has 0 spiro atoms. The summed E-state index contributed by atoms with van der Waals surface area (Å²) in [6.07, 6.45) is -2.46. The molecular weight excluding hydrogens is 363 g/mol. The van der Waals surface area contributed by atoms with Gasteiger partial charge in [0.1, 0.15) is 11.4 Å². The Bertz CT molecular complexity index is 866. The number of hydrogen-bond donors (Lipinski definition) is 1. The van der Waals surface area contributed by atoms with Crippen LogP contribution < -0.4 is 15.0 Å². The van der Waals surface area contributed by atoms with Crippen molar-refractivity contribution < 1.29 is 27.5 Å². The number of hydrogen-bond acceptors (Lipinski definition) is 4. The van der Waals surface area contributed by atoms with Gasteiger partial charge < -0.3 is 15.0 Å². The van der Waals surface area contributed by atoms with E-state index in [1.54, 1.807) is 23.1 Å². The van der Waals surface area contributed by atoms with Crippen LogP contribution in [0.25, 0.3) is 0 Å². The number of aromatic nitrogens is 1. The fraction of sp³-hybridized carbons (Fsp3) is 0.278. The van der Waals surface area contributed by atoms with Crippen LogP contribution in [0.15, 0.2) is 36.5 Å². The van der Waals surface area contributed by atoms with Crippen molar-refractivity contribution in [1.82, 2.24) is 4.98 Å². The summed E-state index contributed by atoms with van der Waals surface area (Å²) < 4.78 is 42.9. The van der Waals surface area contributed by atoms with E-state index in [4.69, 9.17) is 4.74 Å². The second-order valence-corrected chi connectivity index (χ2v) is 5.92. The van der Waals surface area contributed by atoms with Crippen molar-refractivity contribution in [2.45, 2.75) is 19.0 Å². The number of alkyl halides is 3. The summed E-state index contributed by atoms with van der Waals surface area (Å²) in [7, 11) is 1.45. The van der Waals surface area contributed by atoms with Crippen LogP contribution in [0.5, 0.6) is 5.75 Å². The fourth-order valence-corrected chi connectivity index (χ4v) is 2.78. The molecule has 0 radical (unpaired) electrons. The van der Waals surface area contributed by atoms with Crippen molar-refractivity contribution >= 4 is 23.2 Å². The number of amides is 2. The quantitative estimate of drug-likeness (QED) is 0.883. The first-order valence-corrected chi connectivity index (χ1v) is 8.12. The Morgan fingerprint density at radius 2 is 2.04 bits per heavy atom. The van der Waals surface area contributed by atoms with E-state index in [0.717, 1.165) is 24.8 Å². The van der Waals surface area contributed by atoms with Crippen molar-refractivity contribution in [1.29, 1.82) is 0 Å². The highest BCUT2D eigenvalue weighted by Crippen LogP contribution is 2.34. The summed E-state index contributed by atoms with van der Waals surface area (Å²) in [5.74, 6) is -0.196. The maximum atomic E-state index is 12.5. The number of ether oxygens (including phenoxy) is 1. The third kappa shape index (κ3) is 4.02. The molecule has 1 aliphatic rings. The largest absolute Gasteiger partial charge is 0.494 e. The lowest BCUT2D eigenvalue weighted by Crippen LogP contribution is -2.24. The Morgan fingerprint density at radius 3 is 2.59 bits per heavy atom. The lowest BCUT2D eigenvalue weighted by Gasteiger charge is -2.19. The molecule has 0 unspecified atom stereocenters. The fourth-order valence-electron chi connectivity index (χ4n) is 2.78. The van der Waals surface area contributed by atoms with Gasteiger partial charge in [0.15, 0.2) is 0 Å². The normalized spacial score (nSPS) is 14.4. The molecule has 3 rings (SSSR count). The molecule has 1 N–H and O–H groups in total. The molecule has 2 aromatic rings. The minimum atomic E-state index is -4.56. The molecule has 0 saturated carbocycles. The molecule has 1 saturated heterocycles. The lowest BCUT2D eigenvalue weighted by atomic mass is 10.2. The van der Waals surface area contributed by atoms with Gasteiger partial charge in [-0.05, 0) is 30.7 Å². The zero-order chi connectivity index (χ0) is 19.6. The van der Waals surface area contributed by atoms with Gasteiger partial charge in [-0.2, -0.15) is 13.2 Å². The third-order valence-electron chi connectivity index (χ3n) is 4.12. The predicted molar refractivity (Wildman–Crippen MR) is 91.8 cm³/mol. The van der Waals surface area contributed by atoms with Crippen molar-refractivity contribution in [3.8, 4) is 5.75 Å². The molecule has 0 aliphatic carbocycles. The zero-order valence-electron chi connectivity index (χ0n) is 14.3. The van der Waals surface area contributed by atoms with Crippen LogP contribution in [0.3, 0.4) is 0 Å². The number of nitrogens with zero attached hydrogens (tertiary/aromatic N) is 2. The summed E-state index contributed by atoms with van der Waals surface area (Å²) >= 11 is 0. The maximum absolute atomic E-state index is 12.5. The number of benzene rings is 1. The molecule has 2 amide bonds. The molecule has 1 aliphatic heterocycles. The van der Waals surface area contributed by atoms with E-state index in [0.29, 0.717) is 30.1 Å². The van der Waals surface area contributed by atoms with Gasteiger partial charge in [0.2, 0.25) is 5.91 Å². The van der Waals surface area contributed by atoms with Crippen molar-refractivity contribution in [2.75, 3.05) is 23.9 Å². The summed E-state index contributed by atoms with van der Waals surface area (Å²) in [4.78, 5) is 29.0. The van der Waals surface area contributed by atoms with Crippen LogP contribution in [0.1, 0.15) is 28.9 Å². The van der Waals surface area contributed by atoms with Crippen LogP contribution in [-0.2, 0) is 11.0 Å². The second kappa shape index (κ2) is 7.26. The molecule has 2 heterocycles. The van der Waals surface area contributed by atoms with Gasteiger partial charge in [-0.3, -0.25) is 14.6 Å². The zero-order valence-corrected chi connectivity index (χ0v) is 14.3. The minimum Gasteiger partial charge on any atom is -0.494 e. The standard InChI is InChI=1S/C18H16F3N3O3/c1-27-14-9-12(5-6-13(14)24-8-2-3-16(24)25)23-17(26)11-4-7-15(22-10-11)18(19,20)21/h4-7,9-10H,2-3,8H2,1H3,(H,23,26). The first kappa shape index (κ1) is 18.7. The minimum absolute atomic E-state index is 0.000847. The average Bonchev–Trinajstić information content (AvgIpc) is 3.06. The number of carbonyl (C=O) groups excluding carboxylic acids is 2. The number of pyridine rings is 1. The van der Waals surface area contributed by atoms with E-state index >= 15 is 0 Å². The summed E-state index contributed by atoms with van der Waals surface area (Å²) in [5, 5.41) is 2.58. The molecule has 6 nitrogen and oxygen atoms in total. The van der Waals surface area contributed by atoms with Crippen LogP contribution in [0, 0.1) is 0 Å². The van der Waals surface area contributed by atoms with E-state index in [2.05, 4.69) is 10.3 Å². The third-order valence-corrected chi connectivity index (χ3v) is 4.12. The highest BCUT2D eigenvalue weighted by atomic mass is 19.4. The average molecular weight is 379 g/mol. The van der Waals surface area contributed by atoms with Gasteiger partial charge in [-0.1, -0.05) is 0 Å². The van der Waals surface area contributed by atoms with Crippen molar-refractivity contribution in [2.24, 2.45) is 0 Å². The number of halogens is 3. The number of anilines is 2. The topological polar surface area (TPSA) is 71.5 Å². The van der Waals surface area contributed by atoms with E-state index in [1.807, 2.05) is 0 Å². The molecule has 0 bridgehead atoms. The first-order chi connectivity index (χ1) is 12.8. The maximum Gasteiger partial charge on any atom is 0.433 e. The van der Waals surface area contributed by atoms with Gasteiger partial charge in [0.25, 0.3) is 5.91 Å². The van der Waals surface area contributed by atoms with Crippen LogP contribution in [0.2, 0.25) is 0 Å². The van der Waals surface area contributed by atoms with Crippen molar-refractivity contribution in [3.63, 3.8) is 0 Å². The summed E-state index contributed by atoms with van der Waals surface area (Å²) in [6, 6.07) is 6.61. The van der Waals surface area contributed by atoms with E-state index in [9.17, 15) is 22.8 Å². The SMILES string of the molecule is COc1cc(NC(=O)c2ccc(C(F)(F)F)nc2)ccc1N1CCCC1=O. The van der Waals surface area contributed by atoms with E-state index in [1.165, 1.54) is 7.11 Å². The summed E-state index contributed by atoms with van der Waals surface area (Å²) in [5.41, 5.74) is -0.0949. The Morgan fingerprint density at radius 1 is 1.26 bits per heavy atom.